The number of aromatic amines is 1. The molecule has 0 aromatic carbocycles. The zero-order valence-electron chi connectivity index (χ0n) is 13.3. The number of H-pyrrole nitrogens is 1. The van der Waals surface area contributed by atoms with Crippen molar-refractivity contribution in [2.75, 3.05) is 11.9 Å². The Balaban J connectivity index is 1.97. The van der Waals surface area contributed by atoms with Gasteiger partial charge in [-0.3, -0.25) is 24.5 Å². The maximum atomic E-state index is 12.1. The number of nitrogens with one attached hydrogen (secondary N) is 2. The second kappa shape index (κ2) is 6.30. The number of aliphatic hydroxyl groups is 2. The van der Waals surface area contributed by atoms with Crippen LogP contribution in [0, 0.1) is 5.92 Å². The molecule has 1 saturated heterocycles. The summed E-state index contributed by atoms with van der Waals surface area (Å²) in [6, 6.07) is 0. The van der Waals surface area contributed by atoms with Crippen molar-refractivity contribution in [1.29, 1.82) is 0 Å². The molecular weight excluding hydrogens is 318 g/mol. The first kappa shape index (κ1) is 16.6. The predicted molar refractivity (Wildman–Crippen MR) is 83.2 cm³/mol. The molecule has 10 nitrogen and oxygen atoms in total. The van der Waals surface area contributed by atoms with E-state index in [1.807, 2.05) is 0 Å². The van der Waals surface area contributed by atoms with Gasteiger partial charge in [0, 0.05) is 12.3 Å². The number of aliphatic hydroxyl groups excluding tert-OH is 2. The minimum Gasteiger partial charge on any atom is -0.394 e. The zero-order chi connectivity index (χ0) is 17.4. The highest BCUT2D eigenvalue weighted by molar-refractivity contribution is 5.91. The van der Waals surface area contributed by atoms with Crippen molar-refractivity contribution < 1.29 is 19.7 Å². The molecule has 1 aliphatic heterocycles. The maximum Gasteiger partial charge on any atom is 0.280 e. The summed E-state index contributed by atoms with van der Waals surface area (Å²) in [6.07, 6.45) is -0.504. The highest BCUT2D eigenvalue weighted by Crippen LogP contribution is 2.30. The van der Waals surface area contributed by atoms with Gasteiger partial charge in [0.2, 0.25) is 11.9 Å². The summed E-state index contributed by atoms with van der Waals surface area (Å²) in [7, 11) is 0. The van der Waals surface area contributed by atoms with E-state index in [0.717, 1.165) is 0 Å². The molecule has 1 fully saturated rings. The maximum absolute atomic E-state index is 12.1. The van der Waals surface area contributed by atoms with Gasteiger partial charge in [0.15, 0.2) is 11.2 Å². The summed E-state index contributed by atoms with van der Waals surface area (Å²) >= 11 is 0. The van der Waals surface area contributed by atoms with Crippen LogP contribution in [0.3, 0.4) is 0 Å². The van der Waals surface area contributed by atoms with E-state index in [2.05, 4.69) is 20.3 Å². The molecule has 0 unspecified atom stereocenters. The van der Waals surface area contributed by atoms with Gasteiger partial charge in [-0.05, 0) is 0 Å². The summed E-state index contributed by atoms with van der Waals surface area (Å²) in [4.78, 5) is 34.6. The lowest BCUT2D eigenvalue weighted by Gasteiger charge is -2.14. The molecule has 0 aliphatic carbocycles. The van der Waals surface area contributed by atoms with Crippen molar-refractivity contribution in [3.8, 4) is 0 Å². The fourth-order valence-corrected chi connectivity index (χ4v) is 2.51. The minimum atomic E-state index is -0.820. The van der Waals surface area contributed by atoms with Crippen LogP contribution in [0.15, 0.2) is 11.1 Å². The Kier molecular flexibility index (Phi) is 4.35. The Morgan fingerprint density at radius 1 is 1.58 bits per heavy atom. The number of ether oxygens (including phenoxy) is 1. The van der Waals surface area contributed by atoms with Crippen molar-refractivity contribution >= 4 is 23.0 Å². The largest absolute Gasteiger partial charge is 0.394 e. The van der Waals surface area contributed by atoms with E-state index in [9.17, 15) is 19.8 Å². The van der Waals surface area contributed by atoms with Gasteiger partial charge in [0.1, 0.15) is 12.3 Å². The van der Waals surface area contributed by atoms with Crippen molar-refractivity contribution in [1.82, 2.24) is 19.5 Å². The number of carbonyl (C=O) groups is 1. The quantitative estimate of drug-likeness (QED) is 0.581. The van der Waals surface area contributed by atoms with Gasteiger partial charge in [-0.15, -0.1) is 0 Å². The van der Waals surface area contributed by atoms with Crippen LogP contribution in [0.4, 0.5) is 5.95 Å². The van der Waals surface area contributed by atoms with E-state index in [1.54, 1.807) is 13.8 Å². The Bertz CT molecular complexity index is 813. The number of imidazole rings is 1. The van der Waals surface area contributed by atoms with Crippen molar-refractivity contribution in [2.24, 2.45) is 5.92 Å². The van der Waals surface area contributed by atoms with Gasteiger partial charge < -0.3 is 14.9 Å². The second-order valence-electron chi connectivity index (χ2n) is 6.00. The Morgan fingerprint density at radius 2 is 2.33 bits per heavy atom. The molecule has 0 saturated carbocycles. The van der Waals surface area contributed by atoms with Crippen LogP contribution in [0.1, 0.15) is 26.5 Å². The van der Waals surface area contributed by atoms with E-state index in [-0.39, 0.29) is 42.0 Å². The Labute approximate surface area is 136 Å². The minimum absolute atomic E-state index is 0.0187. The molecule has 1 amide bonds. The molecule has 2 aromatic heterocycles. The predicted octanol–water partition coefficient (Wildman–Crippen LogP) is -0.645. The van der Waals surface area contributed by atoms with E-state index in [1.165, 1.54) is 10.9 Å². The number of hydrogen-bond acceptors (Lipinski definition) is 7. The van der Waals surface area contributed by atoms with Crippen LogP contribution in [0.5, 0.6) is 0 Å². The van der Waals surface area contributed by atoms with Crippen LogP contribution in [0.2, 0.25) is 0 Å². The van der Waals surface area contributed by atoms with Crippen LogP contribution in [0.25, 0.3) is 11.2 Å². The molecule has 24 heavy (non-hydrogen) atoms. The summed E-state index contributed by atoms with van der Waals surface area (Å²) in [5.41, 5.74) is -0.160. The van der Waals surface area contributed by atoms with Crippen LogP contribution in [-0.4, -0.2) is 54.5 Å². The molecule has 3 atom stereocenters. The summed E-state index contributed by atoms with van der Waals surface area (Å²) in [5.74, 6) is -0.531. The van der Waals surface area contributed by atoms with Crippen LogP contribution in [-0.2, 0) is 9.53 Å². The van der Waals surface area contributed by atoms with Gasteiger partial charge >= 0.3 is 0 Å². The number of rotatable bonds is 4. The molecule has 10 heteroatoms. The fraction of sp³-hybridized carbons (Fsp3) is 0.571. The van der Waals surface area contributed by atoms with Crippen molar-refractivity contribution in [3.63, 3.8) is 0 Å². The topological polar surface area (TPSA) is 142 Å². The molecule has 130 valence electrons. The highest BCUT2D eigenvalue weighted by Gasteiger charge is 2.35. The second-order valence-corrected chi connectivity index (χ2v) is 6.00. The van der Waals surface area contributed by atoms with Crippen LogP contribution < -0.4 is 10.9 Å². The Morgan fingerprint density at radius 3 is 2.96 bits per heavy atom. The van der Waals surface area contributed by atoms with Crippen molar-refractivity contribution in [3.05, 3.63) is 16.7 Å². The fourth-order valence-electron chi connectivity index (χ4n) is 2.51. The number of amides is 1. The lowest BCUT2D eigenvalue weighted by atomic mass is 10.2. The van der Waals surface area contributed by atoms with Gasteiger partial charge in [-0.2, -0.15) is 4.98 Å². The lowest BCUT2D eigenvalue weighted by molar-refractivity contribution is -0.118. The number of fused-ring (bicyclic) bond motifs is 1. The number of nitrogens with zero attached hydrogens (tertiary/aromatic N) is 3. The molecule has 3 rings (SSSR count). The van der Waals surface area contributed by atoms with E-state index >= 15 is 0 Å². The highest BCUT2D eigenvalue weighted by atomic mass is 16.5. The van der Waals surface area contributed by atoms with E-state index in [4.69, 9.17) is 4.74 Å². The number of aromatic nitrogens is 4. The van der Waals surface area contributed by atoms with Gasteiger partial charge in [-0.1, -0.05) is 13.8 Å². The van der Waals surface area contributed by atoms with E-state index < -0.39 is 24.0 Å². The molecular formula is C14H19N5O5. The van der Waals surface area contributed by atoms with Gasteiger partial charge in [0.25, 0.3) is 5.56 Å². The first-order chi connectivity index (χ1) is 11.4. The van der Waals surface area contributed by atoms with Crippen LogP contribution >= 0.6 is 0 Å². The number of hydrogen-bond donors (Lipinski definition) is 4. The monoisotopic (exact) mass is 337 g/mol. The molecule has 2 aromatic rings. The summed E-state index contributed by atoms with van der Waals surface area (Å²) in [5, 5.41) is 21.6. The normalized spacial score (nSPS) is 24.0. The molecule has 0 spiro atoms. The number of anilines is 1. The van der Waals surface area contributed by atoms with Crippen molar-refractivity contribution in [2.45, 2.75) is 38.7 Å². The zero-order valence-corrected chi connectivity index (χ0v) is 13.3. The third-order valence-electron chi connectivity index (χ3n) is 3.89. The SMILES string of the molecule is CC(C)C(=O)Nc1nc2c(ncn2[C@H]2C[C@@H](O)[C@@H](CO)O2)c(=O)[nH]1. The van der Waals surface area contributed by atoms with Gasteiger partial charge in [0.05, 0.1) is 19.0 Å². The first-order valence-electron chi connectivity index (χ1n) is 7.62. The third-order valence-corrected chi connectivity index (χ3v) is 3.89. The summed E-state index contributed by atoms with van der Waals surface area (Å²) < 4.78 is 7.07. The average molecular weight is 337 g/mol. The van der Waals surface area contributed by atoms with E-state index in [0.29, 0.717) is 0 Å². The lowest BCUT2D eigenvalue weighted by Crippen LogP contribution is -2.24. The van der Waals surface area contributed by atoms with Gasteiger partial charge in [-0.25, -0.2) is 4.98 Å². The standard InChI is InChI=1S/C14H19N5O5/c1-6(2)12(22)17-14-16-11-10(13(23)18-14)15-5-19(11)9-3-7(21)8(4-20)24-9/h5-9,20-21H,3-4H2,1-2H3,(H2,16,17,18,22,23)/t7-,8-,9-/m1/s1. The molecule has 3 heterocycles. The molecule has 4 N–H and O–H groups in total. The number of carbonyl (C=O) groups excluding carboxylic acids is 1. The average Bonchev–Trinajstić information content (AvgIpc) is 3.10. The molecule has 0 radical (unpaired) electrons. The Hall–Kier alpha value is -2.30. The third kappa shape index (κ3) is 2.90. The molecule has 0 bridgehead atoms. The first-order valence-corrected chi connectivity index (χ1v) is 7.62. The smallest absolute Gasteiger partial charge is 0.280 e. The molecule has 1 aliphatic rings. The summed E-state index contributed by atoms with van der Waals surface area (Å²) in [6.45, 7) is 3.13.